The van der Waals surface area contributed by atoms with E-state index in [1.807, 2.05) is 17.8 Å². The highest BCUT2D eigenvalue weighted by atomic mass is 35.5. The van der Waals surface area contributed by atoms with Gasteiger partial charge in [0.2, 0.25) is 0 Å². The van der Waals surface area contributed by atoms with Gasteiger partial charge in [0.15, 0.2) is 0 Å². The van der Waals surface area contributed by atoms with Gasteiger partial charge in [-0.25, -0.2) is 0 Å². The van der Waals surface area contributed by atoms with Crippen LogP contribution in [0.2, 0.25) is 0 Å². The van der Waals surface area contributed by atoms with E-state index in [-0.39, 0.29) is 5.38 Å². The molecule has 0 aliphatic carbocycles. The monoisotopic (exact) mass is 243 g/mol. The van der Waals surface area contributed by atoms with Crippen molar-refractivity contribution in [2.45, 2.75) is 45.2 Å². The van der Waals surface area contributed by atoms with Gasteiger partial charge in [0, 0.05) is 24.2 Å². The molecule has 0 saturated heterocycles. The maximum Gasteiger partial charge on any atom is 0.0764 e. The van der Waals surface area contributed by atoms with E-state index in [0.717, 1.165) is 25.2 Å². The minimum absolute atomic E-state index is 0.246. The molecule has 0 aliphatic rings. The second-order valence-electron chi connectivity index (χ2n) is 4.69. The Labute approximate surface area is 103 Å². The van der Waals surface area contributed by atoms with E-state index in [2.05, 4.69) is 37.0 Å². The molecule has 4 heteroatoms. The highest BCUT2D eigenvalue weighted by Gasteiger charge is 2.06. The molecule has 1 heterocycles. The molecule has 0 fully saturated rings. The molecule has 1 unspecified atom stereocenters. The zero-order chi connectivity index (χ0) is 12.1. The highest BCUT2D eigenvalue weighted by molar-refractivity contribution is 6.20. The third kappa shape index (κ3) is 4.54. The number of rotatable bonds is 6. The third-order valence-corrected chi connectivity index (χ3v) is 2.75. The summed E-state index contributed by atoms with van der Waals surface area (Å²) in [6.45, 7) is 8.21. The lowest BCUT2D eigenvalue weighted by atomic mass is 10.3. The first-order valence-corrected chi connectivity index (χ1v) is 6.29. The van der Waals surface area contributed by atoms with Crippen LogP contribution in [0.25, 0.3) is 0 Å². The largest absolute Gasteiger partial charge is 0.300 e. The summed E-state index contributed by atoms with van der Waals surface area (Å²) in [6.07, 6.45) is 3.06. The van der Waals surface area contributed by atoms with Gasteiger partial charge in [-0.3, -0.25) is 4.68 Å². The smallest absolute Gasteiger partial charge is 0.0764 e. The molecule has 16 heavy (non-hydrogen) atoms. The summed E-state index contributed by atoms with van der Waals surface area (Å²) in [5, 5.41) is 4.76. The first-order chi connectivity index (χ1) is 7.49. The average Bonchev–Trinajstić information content (AvgIpc) is 2.63. The first kappa shape index (κ1) is 13.5. The zero-order valence-electron chi connectivity index (χ0n) is 10.7. The van der Waals surface area contributed by atoms with Crippen molar-refractivity contribution in [3.05, 3.63) is 18.0 Å². The molecule has 1 aromatic heterocycles. The van der Waals surface area contributed by atoms with E-state index < -0.39 is 0 Å². The number of hydrogen-bond donors (Lipinski definition) is 0. The molecule has 0 aliphatic heterocycles. The van der Waals surface area contributed by atoms with Crippen LogP contribution >= 0.6 is 11.6 Å². The lowest BCUT2D eigenvalue weighted by Crippen LogP contribution is -2.21. The zero-order valence-corrected chi connectivity index (χ0v) is 11.4. The number of nitrogens with zero attached hydrogens (tertiary/aromatic N) is 3. The van der Waals surface area contributed by atoms with Gasteiger partial charge in [-0.2, -0.15) is 5.10 Å². The number of hydrogen-bond acceptors (Lipinski definition) is 2. The molecular weight excluding hydrogens is 222 g/mol. The Balaban J connectivity index is 2.40. The maximum atomic E-state index is 5.92. The molecule has 92 valence electrons. The highest BCUT2D eigenvalue weighted by Crippen LogP contribution is 2.07. The van der Waals surface area contributed by atoms with Gasteiger partial charge in [0.25, 0.3) is 0 Å². The first-order valence-electron chi connectivity index (χ1n) is 5.85. The molecule has 1 atom stereocenters. The lowest BCUT2D eigenvalue weighted by molar-refractivity contribution is 0.315. The van der Waals surface area contributed by atoms with E-state index >= 15 is 0 Å². The van der Waals surface area contributed by atoms with Crippen molar-refractivity contribution in [2.75, 3.05) is 13.6 Å². The van der Waals surface area contributed by atoms with Crippen LogP contribution in [0, 0.1) is 0 Å². The normalized spacial score (nSPS) is 13.7. The van der Waals surface area contributed by atoms with Crippen molar-refractivity contribution in [2.24, 2.45) is 0 Å². The Hall–Kier alpha value is -0.540. The summed E-state index contributed by atoms with van der Waals surface area (Å²) < 4.78 is 1.99. The van der Waals surface area contributed by atoms with Crippen LogP contribution in [0.3, 0.4) is 0 Å². The molecule has 0 saturated carbocycles. The van der Waals surface area contributed by atoms with Crippen LogP contribution in [-0.4, -0.2) is 33.6 Å². The van der Waals surface area contributed by atoms with Crippen molar-refractivity contribution in [3.63, 3.8) is 0 Å². The molecule has 0 N–H and O–H groups in total. The molecular formula is C12H22ClN3. The molecule has 1 aromatic rings. The molecule has 3 nitrogen and oxygen atoms in total. The molecule has 0 amide bonds. The van der Waals surface area contributed by atoms with Gasteiger partial charge in [-0.15, -0.1) is 11.6 Å². The summed E-state index contributed by atoms with van der Waals surface area (Å²) in [4.78, 5) is 2.26. The minimum Gasteiger partial charge on any atom is -0.300 e. The topological polar surface area (TPSA) is 21.1 Å². The number of aromatic nitrogens is 2. The standard InChI is InChI=1S/C12H22ClN3/c1-10(2)16-8-6-12(14-16)9-15(4)7-5-11(3)13/h6,8,10-11H,5,7,9H2,1-4H3. The van der Waals surface area contributed by atoms with E-state index in [1.54, 1.807) is 0 Å². The van der Waals surface area contributed by atoms with Crippen LogP contribution < -0.4 is 0 Å². The SMILES string of the molecule is CC(Cl)CCN(C)Cc1ccn(C(C)C)n1. The Kier molecular flexibility index (Phi) is 5.29. The fraction of sp³-hybridized carbons (Fsp3) is 0.750. The summed E-state index contributed by atoms with van der Waals surface area (Å²) in [6, 6.07) is 2.52. The fourth-order valence-corrected chi connectivity index (χ4v) is 1.60. The van der Waals surface area contributed by atoms with Gasteiger partial charge in [0.05, 0.1) is 5.69 Å². The molecule has 0 spiro atoms. The van der Waals surface area contributed by atoms with Crippen LogP contribution in [0.1, 0.15) is 38.9 Å². The van der Waals surface area contributed by atoms with E-state index in [9.17, 15) is 0 Å². The summed E-state index contributed by atoms with van der Waals surface area (Å²) in [5.41, 5.74) is 1.12. The van der Waals surface area contributed by atoms with Gasteiger partial charge in [-0.05, 0) is 46.9 Å². The number of alkyl halides is 1. The van der Waals surface area contributed by atoms with Gasteiger partial charge in [0.1, 0.15) is 0 Å². The van der Waals surface area contributed by atoms with Crippen LogP contribution in [-0.2, 0) is 6.54 Å². The molecule has 0 aromatic carbocycles. The van der Waals surface area contributed by atoms with E-state index in [4.69, 9.17) is 11.6 Å². The summed E-state index contributed by atoms with van der Waals surface area (Å²) in [5.74, 6) is 0. The minimum atomic E-state index is 0.246. The summed E-state index contributed by atoms with van der Waals surface area (Å²) in [7, 11) is 2.10. The molecule has 0 radical (unpaired) electrons. The predicted octanol–water partition coefficient (Wildman–Crippen LogP) is 2.91. The van der Waals surface area contributed by atoms with Crippen LogP contribution in [0.5, 0.6) is 0 Å². The van der Waals surface area contributed by atoms with Crippen molar-refractivity contribution in [1.82, 2.24) is 14.7 Å². The van der Waals surface area contributed by atoms with Crippen LogP contribution in [0.4, 0.5) is 0 Å². The van der Waals surface area contributed by atoms with Gasteiger partial charge in [-0.1, -0.05) is 0 Å². The summed E-state index contributed by atoms with van der Waals surface area (Å²) >= 11 is 5.92. The Bertz CT molecular complexity index is 307. The van der Waals surface area contributed by atoms with Crippen molar-refractivity contribution < 1.29 is 0 Å². The third-order valence-electron chi connectivity index (χ3n) is 2.53. The second kappa shape index (κ2) is 6.26. The molecule has 1 rings (SSSR count). The van der Waals surface area contributed by atoms with Gasteiger partial charge >= 0.3 is 0 Å². The predicted molar refractivity (Wildman–Crippen MR) is 68.9 cm³/mol. The molecule has 0 bridgehead atoms. The Morgan fingerprint density at radius 1 is 1.44 bits per heavy atom. The fourth-order valence-electron chi connectivity index (χ4n) is 1.50. The number of halogens is 1. The van der Waals surface area contributed by atoms with Crippen molar-refractivity contribution in [1.29, 1.82) is 0 Å². The van der Waals surface area contributed by atoms with E-state index in [1.165, 1.54) is 0 Å². The van der Waals surface area contributed by atoms with Crippen LogP contribution in [0.15, 0.2) is 12.3 Å². The quantitative estimate of drug-likeness (QED) is 0.717. The van der Waals surface area contributed by atoms with Gasteiger partial charge < -0.3 is 4.90 Å². The second-order valence-corrected chi connectivity index (χ2v) is 5.43. The average molecular weight is 244 g/mol. The lowest BCUT2D eigenvalue weighted by Gasteiger charge is -2.15. The maximum absolute atomic E-state index is 5.92. The Morgan fingerprint density at radius 2 is 2.12 bits per heavy atom. The Morgan fingerprint density at radius 3 is 2.62 bits per heavy atom. The van der Waals surface area contributed by atoms with Crippen molar-refractivity contribution >= 4 is 11.6 Å². The van der Waals surface area contributed by atoms with E-state index in [0.29, 0.717) is 6.04 Å². The van der Waals surface area contributed by atoms with Crippen molar-refractivity contribution in [3.8, 4) is 0 Å².